The molecule has 19 heavy (non-hydrogen) atoms. The summed E-state index contributed by atoms with van der Waals surface area (Å²) in [6, 6.07) is 9.39. The molecule has 1 aliphatic rings. The average Bonchev–Trinajstić information content (AvgIpc) is 2.39. The number of benzene rings is 1. The molecule has 1 aromatic rings. The maximum atomic E-state index is 11.8. The Morgan fingerprint density at radius 1 is 1.42 bits per heavy atom. The van der Waals surface area contributed by atoms with Crippen molar-refractivity contribution in [1.29, 1.82) is 5.26 Å². The highest BCUT2D eigenvalue weighted by atomic mass is 32.2. The van der Waals surface area contributed by atoms with E-state index in [0.29, 0.717) is 17.9 Å². The van der Waals surface area contributed by atoms with Gasteiger partial charge in [-0.2, -0.15) is 17.0 Å². The first kappa shape index (κ1) is 14.4. The van der Waals surface area contributed by atoms with Gasteiger partial charge in [0.05, 0.1) is 11.6 Å². The predicted octanol–water partition coefficient (Wildman–Crippen LogP) is 1.48. The zero-order valence-corrected chi connectivity index (χ0v) is 12.4. The fourth-order valence-electron chi connectivity index (χ4n) is 2.11. The Balaban J connectivity index is 2.13. The third-order valence-corrected chi connectivity index (χ3v) is 5.84. The van der Waals surface area contributed by atoms with Gasteiger partial charge in [0.25, 0.3) is 0 Å². The fraction of sp³-hybridized carbons (Fsp3) is 0.462. The molecule has 2 rings (SSSR count). The molecule has 0 N–H and O–H groups in total. The van der Waals surface area contributed by atoms with Crippen LogP contribution in [0.4, 0.5) is 0 Å². The van der Waals surface area contributed by atoms with Crippen LogP contribution in [0.25, 0.3) is 0 Å². The van der Waals surface area contributed by atoms with E-state index < -0.39 is 15.2 Å². The van der Waals surface area contributed by atoms with Crippen LogP contribution < -0.4 is 0 Å². The van der Waals surface area contributed by atoms with E-state index in [2.05, 4.69) is 6.07 Å². The molecule has 4 nitrogen and oxygen atoms in total. The van der Waals surface area contributed by atoms with Crippen LogP contribution in [0, 0.1) is 11.3 Å². The summed E-state index contributed by atoms with van der Waals surface area (Å²) in [6.45, 7) is 1.40. The molecule has 0 saturated carbocycles. The van der Waals surface area contributed by atoms with Gasteiger partial charge in [-0.05, 0) is 17.7 Å². The standard InChI is InChI=1S/C13H16N2O2S2/c1-19(16,17)13-10-18-7-6-15(13)9-12-4-2-11(8-14)3-5-12/h2-5,13H,6-7,9-10H2,1H3. The van der Waals surface area contributed by atoms with Gasteiger partial charge in [-0.25, -0.2) is 8.42 Å². The van der Waals surface area contributed by atoms with Crippen molar-refractivity contribution in [3.63, 3.8) is 0 Å². The van der Waals surface area contributed by atoms with Crippen molar-refractivity contribution in [2.45, 2.75) is 11.9 Å². The third kappa shape index (κ3) is 3.72. The zero-order valence-electron chi connectivity index (χ0n) is 10.7. The predicted molar refractivity (Wildman–Crippen MR) is 77.5 cm³/mol. The van der Waals surface area contributed by atoms with Gasteiger partial charge < -0.3 is 0 Å². The molecule has 6 heteroatoms. The van der Waals surface area contributed by atoms with Gasteiger partial charge in [0.2, 0.25) is 0 Å². The lowest BCUT2D eigenvalue weighted by Gasteiger charge is -2.33. The van der Waals surface area contributed by atoms with Crippen molar-refractivity contribution >= 4 is 21.6 Å². The zero-order chi connectivity index (χ0) is 13.9. The number of thioether (sulfide) groups is 1. The molecule has 1 heterocycles. The van der Waals surface area contributed by atoms with Gasteiger partial charge in [0.1, 0.15) is 5.37 Å². The smallest absolute Gasteiger partial charge is 0.164 e. The van der Waals surface area contributed by atoms with Crippen molar-refractivity contribution in [2.24, 2.45) is 0 Å². The summed E-state index contributed by atoms with van der Waals surface area (Å²) < 4.78 is 23.6. The van der Waals surface area contributed by atoms with Crippen LogP contribution in [0.5, 0.6) is 0 Å². The van der Waals surface area contributed by atoms with Crippen LogP contribution in [-0.2, 0) is 16.4 Å². The van der Waals surface area contributed by atoms with E-state index in [4.69, 9.17) is 5.26 Å². The highest BCUT2D eigenvalue weighted by Crippen LogP contribution is 2.22. The average molecular weight is 296 g/mol. The van der Waals surface area contributed by atoms with E-state index in [1.807, 2.05) is 17.0 Å². The number of rotatable bonds is 3. The van der Waals surface area contributed by atoms with Crippen LogP contribution in [0.1, 0.15) is 11.1 Å². The molecule has 1 atom stereocenters. The largest absolute Gasteiger partial charge is 0.281 e. The van der Waals surface area contributed by atoms with E-state index in [1.54, 1.807) is 23.9 Å². The van der Waals surface area contributed by atoms with E-state index in [-0.39, 0.29) is 0 Å². The van der Waals surface area contributed by atoms with Crippen molar-refractivity contribution in [3.05, 3.63) is 35.4 Å². The van der Waals surface area contributed by atoms with Crippen LogP contribution in [0.3, 0.4) is 0 Å². The maximum Gasteiger partial charge on any atom is 0.164 e. The lowest BCUT2D eigenvalue weighted by atomic mass is 10.1. The summed E-state index contributed by atoms with van der Waals surface area (Å²) in [4.78, 5) is 2.01. The third-order valence-electron chi connectivity index (χ3n) is 3.15. The Kier molecular flexibility index (Phi) is 4.50. The Morgan fingerprint density at radius 2 is 2.11 bits per heavy atom. The monoisotopic (exact) mass is 296 g/mol. The topological polar surface area (TPSA) is 61.2 Å². The second-order valence-corrected chi connectivity index (χ2v) is 7.99. The molecule has 0 amide bonds. The molecule has 0 aliphatic carbocycles. The second-order valence-electron chi connectivity index (χ2n) is 4.64. The lowest BCUT2D eigenvalue weighted by Crippen LogP contribution is -2.46. The van der Waals surface area contributed by atoms with Crippen molar-refractivity contribution in [3.8, 4) is 6.07 Å². The van der Waals surface area contributed by atoms with E-state index >= 15 is 0 Å². The van der Waals surface area contributed by atoms with E-state index in [0.717, 1.165) is 17.9 Å². The maximum absolute atomic E-state index is 11.8. The summed E-state index contributed by atoms with van der Waals surface area (Å²) in [5.74, 6) is 1.59. The molecule has 1 aliphatic heterocycles. The molecule has 1 unspecified atom stereocenters. The van der Waals surface area contributed by atoms with E-state index in [1.165, 1.54) is 6.26 Å². The van der Waals surface area contributed by atoms with Gasteiger partial charge in [0, 0.05) is 30.9 Å². The van der Waals surface area contributed by atoms with Gasteiger partial charge in [-0.15, -0.1) is 0 Å². The Bertz CT molecular complexity index is 576. The summed E-state index contributed by atoms with van der Waals surface area (Å²) in [5, 5.41) is 8.36. The van der Waals surface area contributed by atoms with Crippen LogP contribution >= 0.6 is 11.8 Å². The molecule has 0 radical (unpaired) electrons. The Labute approximate surface area is 118 Å². The Morgan fingerprint density at radius 3 is 2.68 bits per heavy atom. The first-order valence-corrected chi connectivity index (χ1v) is 9.11. The minimum Gasteiger partial charge on any atom is -0.281 e. The summed E-state index contributed by atoms with van der Waals surface area (Å²) in [7, 11) is -3.06. The van der Waals surface area contributed by atoms with Crippen LogP contribution in [0.2, 0.25) is 0 Å². The summed E-state index contributed by atoms with van der Waals surface area (Å²) in [5.41, 5.74) is 1.66. The van der Waals surface area contributed by atoms with Gasteiger partial charge >= 0.3 is 0 Å². The number of hydrogen-bond donors (Lipinski definition) is 0. The first-order chi connectivity index (χ1) is 9.00. The van der Waals surface area contributed by atoms with Crippen molar-refractivity contribution in [2.75, 3.05) is 24.3 Å². The van der Waals surface area contributed by atoms with Crippen LogP contribution in [0.15, 0.2) is 24.3 Å². The van der Waals surface area contributed by atoms with Crippen molar-refractivity contribution < 1.29 is 8.42 Å². The quantitative estimate of drug-likeness (QED) is 0.845. The van der Waals surface area contributed by atoms with Gasteiger partial charge in [-0.1, -0.05) is 12.1 Å². The highest BCUT2D eigenvalue weighted by Gasteiger charge is 2.30. The molecule has 0 spiro atoms. The molecule has 0 aromatic heterocycles. The Hall–Kier alpha value is -1.03. The molecule has 1 aromatic carbocycles. The number of sulfone groups is 1. The minimum absolute atomic E-state index is 0.401. The van der Waals surface area contributed by atoms with Gasteiger partial charge in [-0.3, -0.25) is 4.90 Å². The fourth-order valence-corrected chi connectivity index (χ4v) is 5.05. The van der Waals surface area contributed by atoms with Crippen LogP contribution in [-0.4, -0.2) is 43.0 Å². The first-order valence-electron chi connectivity index (χ1n) is 6.00. The minimum atomic E-state index is -3.06. The SMILES string of the molecule is CS(=O)(=O)C1CSCCN1Cc1ccc(C#N)cc1. The van der Waals surface area contributed by atoms with Crippen molar-refractivity contribution in [1.82, 2.24) is 4.90 Å². The van der Waals surface area contributed by atoms with E-state index in [9.17, 15) is 8.42 Å². The molecule has 102 valence electrons. The summed E-state index contributed by atoms with van der Waals surface area (Å²) in [6.07, 6.45) is 1.30. The highest BCUT2D eigenvalue weighted by molar-refractivity contribution is 8.00. The number of nitriles is 1. The van der Waals surface area contributed by atoms with Gasteiger partial charge in [0.15, 0.2) is 9.84 Å². The second kappa shape index (κ2) is 5.95. The normalized spacial score (nSPS) is 20.9. The molecule has 1 saturated heterocycles. The number of hydrogen-bond acceptors (Lipinski definition) is 5. The molecular formula is C13H16N2O2S2. The molecular weight excluding hydrogens is 280 g/mol. The molecule has 0 bridgehead atoms. The summed E-state index contributed by atoms with van der Waals surface area (Å²) >= 11 is 1.69. The molecule has 1 fully saturated rings. The number of nitrogens with zero attached hydrogens (tertiary/aromatic N) is 2. The lowest BCUT2D eigenvalue weighted by molar-refractivity contribution is 0.262.